The van der Waals surface area contributed by atoms with Crippen molar-refractivity contribution in [2.24, 2.45) is 24.6 Å². The zero-order chi connectivity index (χ0) is 13.4. The first kappa shape index (κ1) is 13.1. The summed E-state index contributed by atoms with van der Waals surface area (Å²) in [5, 5.41) is 4.54. The van der Waals surface area contributed by atoms with Crippen molar-refractivity contribution in [3.8, 4) is 0 Å². The van der Waals surface area contributed by atoms with Gasteiger partial charge in [-0.3, -0.25) is 9.58 Å². The minimum atomic E-state index is 0.434. The highest BCUT2D eigenvalue weighted by molar-refractivity contribution is 5.17. The highest BCUT2D eigenvalue weighted by Crippen LogP contribution is 2.36. The van der Waals surface area contributed by atoms with Crippen molar-refractivity contribution in [2.75, 3.05) is 13.1 Å². The molecule has 3 atom stereocenters. The van der Waals surface area contributed by atoms with Crippen LogP contribution in [0.1, 0.15) is 37.4 Å². The Morgan fingerprint density at radius 1 is 1.37 bits per heavy atom. The summed E-state index contributed by atoms with van der Waals surface area (Å²) in [5.41, 5.74) is 8.94. The largest absolute Gasteiger partial charge is 0.327 e. The Morgan fingerprint density at radius 2 is 2.21 bits per heavy atom. The molecule has 1 saturated heterocycles. The summed E-state index contributed by atoms with van der Waals surface area (Å²) in [6.45, 7) is 5.66. The van der Waals surface area contributed by atoms with Crippen LogP contribution in [0, 0.1) is 11.8 Å². The van der Waals surface area contributed by atoms with Crippen LogP contribution in [0.15, 0.2) is 6.20 Å². The number of hydrogen-bond donors (Lipinski definition) is 1. The van der Waals surface area contributed by atoms with Crippen LogP contribution in [0.3, 0.4) is 0 Å². The molecule has 2 aliphatic rings. The van der Waals surface area contributed by atoms with E-state index in [0.717, 1.165) is 24.8 Å². The molecule has 4 nitrogen and oxygen atoms in total. The first-order valence-corrected chi connectivity index (χ1v) is 7.66. The Morgan fingerprint density at radius 3 is 2.95 bits per heavy atom. The van der Waals surface area contributed by atoms with Gasteiger partial charge in [0.15, 0.2) is 0 Å². The molecule has 1 aliphatic heterocycles. The summed E-state index contributed by atoms with van der Waals surface area (Å²) in [6, 6.07) is 0.434. The SMILES string of the molecule is CCc1nn(C)cc1CN1CC2CCCC(N)C2C1. The first-order chi connectivity index (χ1) is 9.17. The molecule has 0 spiro atoms. The smallest absolute Gasteiger partial charge is 0.0666 e. The van der Waals surface area contributed by atoms with Gasteiger partial charge < -0.3 is 5.73 Å². The van der Waals surface area contributed by atoms with Crippen LogP contribution in [-0.4, -0.2) is 33.8 Å². The summed E-state index contributed by atoms with van der Waals surface area (Å²) in [6.07, 6.45) is 7.13. The van der Waals surface area contributed by atoms with Crippen LogP contribution in [0.5, 0.6) is 0 Å². The maximum Gasteiger partial charge on any atom is 0.0666 e. The molecule has 0 amide bonds. The molecule has 1 saturated carbocycles. The van der Waals surface area contributed by atoms with Crippen LogP contribution in [0.4, 0.5) is 0 Å². The molecule has 0 bridgehead atoms. The summed E-state index contributed by atoms with van der Waals surface area (Å²) >= 11 is 0. The van der Waals surface area contributed by atoms with Gasteiger partial charge in [0.1, 0.15) is 0 Å². The molecular weight excluding hydrogens is 236 g/mol. The van der Waals surface area contributed by atoms with Gasteiger partial charge >= 0.3 is 0 Å². The maximum atomic E-state index is 6.29. The van der Waals surface area contributed by atoms with Crippen molar-refractivity contribution >= 4 is 0 Å². The predicted octanol–water partition coefficient (Wildman–Crippen LogP) is 1.54. The molecule has 0 radical (unpaired) electrons. The number of aromatic nitrogens is 2. The number of hydrogen-bond acceptors (Lipinski definition) is 3. The minimum Gasteiger partial charge on any atom is -0.327 e. The van der Waals surface area contributed by atoms with E-state index >= 15 is 0 Å². The van der Waals surface area contributed by atoms with E-state index < -0.39 is 0 Å². The molecule has 1 aliphatic carbocycles. The number of fused-ring (bicyclic) bond motifs is 1. The molecule has 1 aromatic rings. The Kier molecular flexibility index (Phi) is 3.63. The lowest BCUT2D eigenvalue weighted by Crippen LogP contribution is -2.38. The zero-order valence-corrected chi connectivity index (χ0v) is 12.2. The number of nitrogens with two attached hydrogens (primary N) is 1. The Balaban J connectivity index is 1.68. The van der Waals surface area contributed by atoms with Crippen molar-refractivity contribution in [3.05, 3.63) is 17.5 Å². The van der Waals surface area contributed by atoms with Gasteiger partial charge in [0.05, 0.1) is 5.69 Å². The van der Waals surface area contributed by atoms with E-state index in [1.54, 1.807) is 0 Å². The fraction of sp³-hybridized carbons (Fsp3) is 0.800. The van der Waals surface area contributed by atoms with Crippen molar-refractivity contribution in [2.45, 2.75) is 45.2 Å². The van der Waals surface area contributed by atoms with Crippen LogP contribution < -0.4 is 5.73 Å². The van der Waals surface area contributed by atoms with Crippen molar-refractivity contribution < 1.29 is 0 Å². The molecule has 3 rings (SSSR count). The molecule has 19 heavy (non-hydrogen) atoms. The molecule has 2 heterocycles. The monoisotopic (exact) mass is 262 g/mol. The Bertz CT molecular complexity index is 439. The number of rotatable bonds is 3. The summed E-state index contributed by atoms with van der Waals surface area (Å²) in [5.74, 6) is 1.57. The van der Waals surface area contributed by atoms with E-state index in [0.29, 0.717) is 6.04 Å². The van der Waals surface area contributed by atoms with Gasteiger partial charge in [-0.05, 0) is 31.1 Å². The standard InChI is InChI=1S/C15H26N4/c1-3-15-12(7-18(2)17-15)9-19-8-11-5-4-6-14(16)13(11)10-19/h7,11,13-14H,3-6,8-10,16H2,1-2H3. The third kappa shape index (κ3) is 2.56. The lowest BCUT2D eigenvalue weighted by atomic mass is 9.78. The Labute approximate surface area is 116 Å². The second-order valence-electron chi connectivity index (χ2n) is 6.34. The second kappa shape index (κ2) is 5.25. The van der Waals surface area contributed by atoms with Gasteiger partial charge in [-0.15, -0.1) is 0 Å². The van der Waals surface area contributed by atoms with Crippen LogP contribution in [0.2, 0.25) is 0 Å². The maximum absolute atomic E-state index is 6.29. The summed E-state index contributed by atoms with van der Waals surface area (Å²) < 4.78 is 1.95. The third-order valence-corrected chi connectivity index (χ3v) is 4.95. The molecule has 4 heteroatoms. The highest BCUT2D eigenvalue weighted by atomic mass is 15.3. The lowest BCUT2D eigenvalue weighted by molar-refractivity contribution is 0.259. The van der Waals surface area contributed by atoms with Gasteiger partial charge in [-0.25, -0.2) is 0 Å². The summed E-state index contributed by atoms with van der Waals surface area (Å²) in [4.78, 5) is 2.59. The van der Waals surface area contributed by atoms with Crippen LogP contribution in [-0.2, 0) is 20.0 Å². The number of aryl methyl sites for hydroxylation is 2. The molecule has 0 aromatic carbocycles. The Hall–Kier alpha value is -0.870. The molecule has 2 N–H and O–H groups in total. The second-order valence-corrected chi connectivity index (χ2v) is 6.34. The summed E-state index contributed by atoms with van der Waals surface area (Å²) in [7, 11) is 2.02. The molecule has 3 unspecified atom stereocenters. The molecule has 1 aromatic heterocycles. The fourth-order valence-electron chi connectivity index (χ4n) is 3.99. The van der Waals surface area contributed by atoms with Crippen molar-refractivity contribution in [1.82, 2.24) is 14.7 Å². The van der Waals surface area contributed by atoms with Gasteiger partial charge in [0.25, 0.3) is 0 Å². The lowest BCUT2D eigenvalue weighted by Gasteiger charge is -2.29. The molecular formula is C15H26N4. The normalized spacial score (nSPS) is 31.6. The third-order valence-electron chi connectivity index (χ3n) is 4.95. The van der Waals surface area contributed by atoms with Crippen LogP contribution >= 0.6 is 0 Å². The average Bonchev–Trinajstić information content (AvgIpc) is 2.94. The quantitative estimate of drug-likeness (QED) is 0.899. The van der Waals surface area contributed by atoms with E-state index in [9.17, 15) is 0 Å². The topological polar surface area (TPSA) is 47.1 Å². The number of nitrogens with zero attached hydrogens (tertiary/aromatic N) is 3. The van der Waals surface area contributed by atoms with Crippen molar-refractivity contribution in [1.29, 1.82) is 0 Å². The van der Waals surface area contributed by atoms with Crippen molar-refractivity contribution in [3.63, 3.8) is 0 Å². The first-order valence-electron chi connectivity index (χ1n) is 7.66. The predicted molar refractivity (Wildman–Crippen MR) is 76.7 cm³/mol. The zero-order valence-electron chi connectivity index (χ0n) is 12.2. The molecule has 106 valence electrons. The van der Waals surface area contributed by atoms with E-state index in [2.05, 4.69) is 23.1 Å². The van der Waals surface area contributed by atoms with Gasteiger partial charge in [0.2, 0.25) is 0 Å². The van der Waals surface area contributed by atoms with E-state index in [1.165, 1.54) is 43.6 Å². The van der Waals surface area contributed by atoms with Crippen LogP contribution in [0.25, 0.3) is 0 Å². The van der Waals surface area contributed by atoms with E-state index in [4.69, 9.17) is 5.73 Å². The van der Waals surface area contributed by atoms with E-state index in [-0.39, 0.29) is 0 Å². The highest BCUT2D eigenvalue weighted by Gasteiger charge is 2.38. The van der Waals surface area contributed by atoms with E-state index in [1.807, 2.05) is 11.7 Å². The van der Waals surface area contributed by atoms with Gasteiger partial charge in [0, 0.05) is 44.5 Å². The van der Waals surface area contributed by atoms with Gasteiger partial charge in [-0.2, -0.15) is 5.10 Å². The van der Waals surface area contributed by atoms with Gasteiger partial charge in [-0.1, -0.05) is 13.3 Å². The minimum absolute atomic E-state index is 0.434. The average molecular weight is 262 g/mol. The number of likely N-dealkylation sites (tertiary alicyclic amines) is 1. The fourth-order valence-corrected chi connectivity index (χ4v) is 3.99. The molecule has 2 fully saturated rings.